The molecule has 1 heterocycles. The Labute approximate surface area is 128 Å². The number of hydrogen-bond acceptors (Lipinski definition) is 3. The molecule has 118 valence electrons. The van der Waals surface area contributed by atoms with E-state index in [9.17, 15) is 5.11 Å². The van der Waals surface area contributed by atoms with Crippen LogP contribution in [0.3, 0.4) is 0 Å². The van der Waals surface area contributed by atoms with Gasteiger partial charge in [-0.2, -0.15) is 0 Å². The summed E-state index contributed by atoms with van der Waals surface area (Å²) in [5.41, 5.74) is 3.61. The summed E-state index contributed by atoms with van der Waals surface area (Å²) in [6.45, 7) is 11.8. The number of aryl methyl sites for hydroxylation is 2. The molecule has 0 radical (unpaired) electrons. The molecule has 1 aliphatic heterocycles. The highest BCUT2D eigenvalue weighted by Gasteiger charge is 2.18. The van der Waals surface area contributed by atoms with Crippen LogP contribution in [0.5, 0.6) is 5.75 Å². The summed E-state index contributed by atoms with van der Waals surface area (Å²) >= 11 is 0. The van der Waals surface area contributed by atoms with E-state index in [4.69, 9.17) is 4.74 Å². The fraction of sp³-hybridized carbons (Fsp3) is 0.667. The van der Waals surface area contributed by atoms with Crippen molar-refractivity contribution in [3.05, 3.63) is 28.8 Å². The highest BCUT2D eigenvalue weighted by Crippen LogP contribution is 2.23. The van der Waals surface area contributed by atoms with Gasteiger partial charge in [0, 0.05) is 6.54 Å². The molecule has 3 heteroatoms. The van der Waals surface area contributed by atoms with Crippen LogP contribution in [0, 0.1) is 26.7 Å². The molecule has 1 N–H and O–H groups in total. The maximum absolute atomic E-state index is 10.2. The number of likely N-dealkylation sites (tertiary alicyclic amines) is 1. The molecule has 0 bridgehead atoms. The molecule has 1 aliphatic rings. The summed E-state index contributed by atoms with van der Waals surface area (Å²) in [4.78, 5) is 2.35. The van der Waals surface area contributed by atoms with Gasteiger partial charge in [0.15, 0.2) is 0 Å². The number of β-amino-alcohol motifs (C(OH)–C–C–N with tert-alkyl or cyclic N) is 1. The van der Waals surface area contributed by atoms with Crippen molar-refractivity contribution >= 4 is 0 Å². The molecule has 0 saturated carbocycles. The Morgan fingerprint density at radius 1 is 1.24 bits per heavy atom. The predicted molar refractivity (Wildman–Crippen MR) is 87.0 cm³/mol. The van der Waals surface area contributed by atoms with Gasteiger partial charge in [0.25, 0.3) is 0 Å². The summed E-state index contributed by atoms with van der Waals surface area (Å²) < 4.78 is 5.85. The Hall–Kier alpha value is -1.06. The lowest BCUT2D eigenvalue weighted by Gasteiger charge is -2.31. The van der Waals surface area contributed by atoms with Crippen molar-refractivity contribution in [1.29, 1.82) is 0 Å². The van der Waals surface area contributed by atoms with Crippen LogP contribution in [0.15, 0.2) is 12.1 Å². The molecule has 1 fully saturated rings. The first-order valence-electron chi connectivity index (χ1n) is 8.06. The van der Waals surface area contributed by atoms with E-state index in [2.05, 4.69) is 44.7 Å². The fourth-order valence-electron chi connectivity index (χ4n) is 2.93. The third-order valence-electron chi connectivity index (χ3n) is 4.54. The van der Waals surface area contributed by atoms with E-state index in [1.54, 1.807) is 0 Å². The molecule has 21 heavy (non-hydrogen) atoms. The van der Waals surface area contributed by atoms with Crippen molar-refractivity contribution < 1.29 is 9.84 Å². The van der Waals surface area contributed by atoms with Crippen LogP contribution in [0.25, 0.3) is 0 Å². The van der Waals surface area contributed by atoms with E-state index in [-0.39, 0.29) is 0 Å². The maximum atomic E-state index is 10.2. The molecule has 3 nitrogen and oxygen atoms in total. The number of nitrogens with zero attached hydrogens (tertiary/aromatic N) is 1. The third kappa shape index (κ3) is 4.72. The molecule has 1 unspecified atom stereocenters. The van der Waals surface area contributed by atoms with Gasteiger partial charge >= 0.3 is 0 Å². The first-order chi connectivity index (χ1) is 9.95. The van der Waals surface area contributed by atoms with Crippen molar-refractivity contribution in [3.63, 3.8) is 0 Å². The molecular weight excluding hydrogens is 262 g/mol. The zero-order valence-electron chi connectivity index (χ0n) is 13.9. The van der Waals surface area contributed by atoms with E-state index in [0.717, 1.165) is 31.3 Å². The van der Waals surface area contributed by atoms with Crippen molar-refractivity contribution in [2.24, 2.45) is 5.92 Å². The first-order valence-corrected chi connectivity index (χ1v) is 8.06. The summed E-state index contributed by atoms with van der Waals surface area (Å²) in [6.07, 6.45) is 2.06. The van der Waals surface area contributed by atoms with Crippen molar-refractivity contribution in [1.82, 2.24) is 4.90 Å². The predicted octanol–water partition coefficient (Wildman–Crippen LogP) is 3.08. The highest BCUT2D eigenvalue weighted by atomic mass is 16.5. The molecule has 1 saturated heterocycles. The van der Waals surface area contributed by atoms with E-state index in [1.807, 2.05) is 0 Å². The molecule has 2 rings (SSSR count). The van der Waals surface area contributed by atoms with Gasteiger partial charge in [0.1, 0.15) is 18.5 Å². The maximum Gasteiger partial charge on any atom is 0.122 e. The second kappa shape index (κ2) is 7.28. The van der Waals surface area contributed by atoms with E-state index >= 15 is 0 Å². The highest BCUT2D eigenvalue weighted by molar-refractivity contribution is 5.41. The Bertz CT molecular complexity index is 465. The standard InChI is InChI=1S/C18H29NO2/c1-13-5-7-19(8-6-13)11-17(20)12-21-18-10-14(2)9-15(3)16(18)4/h9-10,13,17,20H,5-8,11-12H2,1-4H3. The number of ether oxygens (including phenoxy) is 1. The number of aliphatic hydroxyl groups excluding tert-OH is 1. The number of aliphatic hydroxyl groups is 1. The molecular formula is C18H29NO2. The van der Waals surface area contributed by atoms with Crippen molar-refractivity contribution in [2.45, 2.75) is 46.6 Å². The summed E-state index contributed by atoms with van der Waals surface area (Å²) in [7, 11) is 0. The molecule has 1 atom stereocenters. The summed E-state index contributed by atoms with van der Waals surface area (Å²) in [5, 5.41) is 10.2. The average molecular weight is 291 g/mol. The lowest BCUT2D eigenvalue weighted by molar-refractivity contribution is 0.0561. The van der Waals surface area contributed by atoms with E-state index in [1.165, 1.54) is 29.5 Å². The van der Waals surface area contributed by atoms with Gasteiger partial charge in [-0.1, -0.05) is 13.0 Å². The van der Waals surface area contributed by atoms with Gasteiger partial charge in [0.05, 0.1) is 0 Å². The number of hydrogen-bond donors (Lipinski definition) is 1. The topological polar surface area (TPSA) is 32.7 Å². The van der Waals surface area contributed by atoms with Gasteiger partial charge < -0.3 is 14.7 Å². The third-order valence-corrected chi connectivity index (χ3v) is 4.54. The van der Waals surface area contributed by atoms with Gasteiger partial charge in [-0.15, -0.1) is 0 Å². The monoisotopic (exact) mass is 291 g/mol. The second-order valence-electron chi connectivity index (χ2n) is 6.65. The van der Waals surface area contributed by atoms with Crippen LogP contribution in [-0.4, -0.2) is 42.4 Å². The van der Waals surface area contributed by atoms with Crippen LogP contribution in [0.4, 0.5) is 0 Å². The minimum Gasteiger partial charge on any atom is -0.491 e. The molecule has 0 spiro atoms. The fourth-order valence-corrected chi connectivity index (χ4v) is 2.93. The van der Waals surface area contributed by atoms with Crippen LogP contribution in [-0.2, 0) is 0 Å². The van der Waals surface area contributed by atoms with Gasteiger partial charge in [-0.25, -0.2) is 0 Å². The Kier molecular flexibility index (Phi) is 5.65. The zero-order valence-corrected chi connectivity index (χ0v) is 13.9. The van der Waals surface area contributed by atoms with E-state index < -0.39 is 6.10 Å². The SMILES string of the molecule is Cc1cc(C)c(C)c(OCC(O)CN2CCC(C)CC2)c1. The summed E-state index contributed by atoms with van der Waals surface area (Å²) in [5.74, 6) is 1.73. The minimum atomic E-state index is -0.418. The van der Waals surface area contributed by atoms with Crippen LogP contribution >= 0.6 is 0 Å². The molecule has 0 aliphatic carbocycles. The Morgan fingerprint density at radius 3 is 2.57 bits per heavy atom. The number of benzene rings is 1. The largest absolute Gasteiger partial charge is 0.491 e. The van der Waals surface area contributed by atoms with Gasteiger partial charge in [0.2, 0.25) is 0 Å². The van der Waals surface area contributed by atoms with Crippen molar-refractivity contribution in [2.75, 3.05) is 26.2 Å². The van der Waals surface area contributed by atoms with Crippen molar-refractivity contribution in [3.8, 4) is 5.75 Å². The smallest absolute Gasteiger partial charge is 0.122 e. The quantitative estimate of drug-likeness (QED) is 0.905. The summed E-state index contributed by atoms with van der Waals surface area (Å²) in [6, 6.07) is 4.21. The van der Waals surface area contributed by atoms with Crippen LogP contribution in [0.2, 0.25) is 0 Å². The first kappa shape index (κ1) is 16.3. The normalized spacial score (nSPS) is 18.7. The zero-order chi connectivity index (χ0) is 15.4. The molecule has 0 aromatic heterocycles. The van der Waals surface area contributed by atoms with Gasteiger partial charge in [-0.05, 0) is 75.4 Å². The molecule has 1 aromatic rings. The Morgan fingerprint density at radius 2 is 1.90 bits per heavy atom. The molecule has 0 amide bonds. The lowest BCUT2D eigenvalue weighted by atomic mass is 9.99. The van der Waals surface area contributed by atoms with E-state index in [0.29, 0.717) is 6.61 Å². The molecule has 1 aromatic carbocycles. The van der Waals surface area contributed by atoms with Crippen LogP contribution < -0.4 is 4.74 Å². The van der Waals surface area contributed by atoms with Crippen LogP contribution in [0.1, 0.15) is 36.5 Å². The lowest BCUT2D eigenvalue weighted by Crippen LogP contribution is -2.40. The van der Waals surface area contributed by atoms with Gasteiger partial charge in [-0.3, -0.25) is 0 Å². The Balaban J connectivity index is 1.82. The average Bonchev–Trinajstić information content (AvgIpc) is 2.44. The number of piperidine rings is 1. The minimum absolute atomic E-state index is 0.371. The second-order valence-corrected chi connectivity index (χ2v) is 6.65. The number of rotatable bonds is 5.